The SMILES string of the molecule is Cc1cccc2c(=O)n(CCC(=O)NCc3ccc(S(=O)(=O)N4CCOCC4)cc3)cnc12. The third-order valence-corrected chi connectivity index (χ3v) is 7.57. The number of carbonyl (C=O) groups is 1. The minimum atomic E-state index is -3.54. The molecule has 0 atom stereocenters. The van der Waals surface area contributed by atoms with E-state index in [0.29, 0.717) is 37.2 Å². The van der Waals surface area contributed by atoms with Crippen molar-refractivity contribution in [3.63, 3.8) is 0 Å². The van der Waals surface area contributed by atoms with E-state index in [9.17, 15) is 18.0 Å². The van der Waals surface area contributed by atoms with E-state index in [0.717, 1.165) is 11.1 Å². The lowest BCUT2D eigenvalue weighted by Crippen LogP contribution is -2.40. The van der Waals surface area contributed by atoms with Crippen LogP contribution in [0.25, 0.3) is 10.9 Å². The quantitative estimate of drug-likeness (QED) is 0.559. The topological polar surface area (TPSA) is 111 Å². The number of morpholine rings is 1. The third-order valence-electron chi connectivity index (χ3n) is 5.66. The fourth-order valence-corrected chi connectivity index (χ4v) is 5.13. The van der Waals surface area contributed by atoms with Crippen molar-refractivity contribution in [1.29, 1.82) is 0 Å². The van der Waals surface area contributed by atoms with Crippen molar-refractivity contribution >= 4 is 26.8 Å². The molecule has 9 nitrogen and oxygen atoms in total. The smallest absolute Gasteiger partial charge is 0.261 e. The van der Waals surface area contributed by atoms with Crippen LogP contribution >= 0.6 is 0 Å². The fraction of sp³-hybridized carbons (Fsp3) is 0.348. The average Bonchev–Trinajstić information content (AvgIpc) is 2.83. The molecule has 174 valence electrons. The Morgan fingerprint density at radius 1 is 1.12 bits per heavy atom. The Hall–Kier alpha value is -3.08. The molecule has 1 fully saturated rings. The largest absolute Gasteiger partial charge is 0.379 e. The number of carbonyl (C=O) groups excluding carboxylic acids is 1. The zero-order chi connectivity index (χ0) is 23.4. The van der Waals surface area contributed by atoms with Gasteiger partial charge in [-0.05, 0) is 36.2 Å². The van der Waals surface area contributed by atoms with E-state index in [1.807, 2.05) is 19.1 Å². The maximum absolute atomic E-state index is 12.7. The van der Waals surface area contributed by atoms with Crippen LogP contribution in [0.4, 0.5) is 0 Å². The van der Waals surface area contributed by atoms with Crippen LogP contribution in [-0.4, -0.2) is 54.5 Å². The van der Waals surface area contributed by atoms with Gasteiger partial charge in [-0.2, -0.15) is 4.31 Å². The molecule has 33 heavy (non-hydrogen) atoms. The minimum Gasteiger partial charge on any atom is -0.379 e. The number of aryl methyl sites for hydroxylation is 2. The molecule has 0 bridgehead atoms. The van der Waals surface area contributed by atoms with Gasteiger partial charge in [-0.1, -0.05) is 24.3 Å². The zero-order valence-corrected chi connectivity index (χ0v) is 19.2. The molecule has 1 N–H and O–H groups in total. The van der Waals surface area contributed by atoms with Crippen molar-refractivity contribution in [2.75, 3.05) is 26.3 Å². The van der Waals surface area contributed by atoms with Crippen LogP contribution in [0.3, 0.4) is 0 Å². The Labute approximate surface area is 192 Å². The number of ether oxygens (including phenoxy) is 1. The van der Waals surface area contributed by atoms with Crippen LogP contribution in [0.1, 0.15) is 17.5 Å². The number of aromatic nitrogens is 2. The maximum Gasteiger partial charge on any atom is 0.261 e. The van der Waals surface area contributed by atoms with Crippen molar-refractivity contribution in [2.45, 2.75) is 31.3 Å². The van der Waals surface area contributed by atoms with Gasteiger partial charge in [0.2, 0.25) is 15.9 Å². The highest BCUT2D eigenvalue weighted by molar-refractivity contribution is 7.89. The van der Waals surface area contributed by atoms with Gasteiger partial charge in [0.05, 0.1) is 35.3 Å². The van der Waals surface area contributed by atoms with Crippen LogP contribution < -0.4 is 10.9 Å². The first kappa shape index (κ1) is 23.1. The van der Waals surface area contributed by atoms with Crippen molar-refractivity contribution in [1.82, 2.24) is 19.2 Å². The Kier molecular flexibility index (Phi) is 6.87. The first-order valence-corrected chi connectivity index (χ1v) is 12.2. The minimum absolute atomic E-state index is 0.127. The van der Waals surface area contributed by atoms with E-state index in [1.165, 1.54) is 15.2 Å². The van der Waals surface area contributed by atoms with Gasteiger partial charge in [-0.15, -0.1) is 0 Å². The second kappa shape index (κ2) is 9.82. The predicted octanol–water partition coefficient (Wildman–Crippen LogP) is 1.43. The maximum atomic E-state index is 12.7. The molecule has 0 radical (unpaired) electrons. The summed E-state index contributed by atoms with van der Waals surface area (Å²) in [5.74, 6) is -0.212. The van der Waals surface area contributed by atoms with Crippen LogP contribution in [0.15, 0.2) is 58.5 Å². The van der Waals surface area contributed by atoms with Crippen molar-refractivity contribution in [2.24, 2.45) is 0 Å². The van der Waals surface area contributed by atoms with E-state index < -0.39 is 10.0 Å². The fourth-order valence-electron chi connectivity index (χ4n) is 3.72. The van der Waals surface area contributed by atoms with Gasteiger partial charge in [0.1, 0.15) is 0 Å². The number of rotatable bonds is 7. The highest BCUT2D eigenvalue weighted by Crippen LogP contribution is 2.17. The number of benzene rings is 2. The molecule has 1 aliphatic heterocycles. The molecule has 0 unspecified atom stereocenters. The van der Waals surface area contributed by atoms with Crippen molar-refractivity contribution in [3.05, 3.63) is 70.3 Å². The van der Waals surface area contributed by atoms with Gasteiger partial charge < -0.3 is 10.1 Å². The van der Waals surface area contributed by atoms with Gasteiger partial charge in [0.15, 0.2) is 0 Å². The van der Waals surface area contributed by atoms with Gasteiger partial charge >= 0.3 is 0 Å². The predicted molar refractivity (Wildman–Crippen MR) is 123 cm³/mol. The first-order valence-electron chi connectivity index (χ1n) is 10.7. The summed E-state index contributed by atoms with van der Waals surface area (Å²) >= 11 is 0. The molecular formula is C23H26N4O5S. The second-order valence-corrected chi connectivity index (χ2v) is 9.84. The highest BCUT2D eigenvalue weighted by Gasteiger charge is 2.26. The number of amides is 1. The summed E-state index contributed by atoms with van der Waals surface area (Å²) in [6.45, 7) is 3.86. The molecule has 4 rings (SSSR count). The molecule has 2 heterocycles. The molecule has 3 aromatic rings. The van der Waals surface area contributed by atoms with Crippen LogP contribution in [0, 0.1) is 6.92 Å². The lowest BCUT2D eigenvalue weighted by molar-refractivity contribution is -0.121. The van der Waals surface area contributed by atoms with Crippen LogP contribution in [0.2, 0.25) is 0 Å². The zero-order valence-electron chi connectivity index (χ0n) is 18.4. The lowest BCUT2D eigenvalue weighted by atomic mass is 10.1. The van der Waals surface area contributed by atoms with E-state index in [-0.39, 0.29) is 35.9 Å². The summed E-state index contributed by atoms with van der Waals surface area (Å²) < 4.78 is 33.4. The number of nitrogens with one attached hydrogen (secondary N) is 1. The van der Waals surface area contributed by atoms with Crippen molar-refractivity contribution in [3.8, 4) is 0 Å². The highest BCUT2D eigenvalue weighted by atomic mass is 32.2. The lowest BCUT2D eigenvalue weighted by Gasteiger charge is -2.26. The van der Waals surface area contributed by atoms with Gasteiger partial charge in [0.25, 0.3) is 5.56 Å². The standard InChI is InChI=1S/C23H26N4O5S/c1-17-3-2-4-20-22(17)25-16-26(23(20)29)10-9-21(28)24-15-18-5-7-19(8-6-18)33(30,31)27-11-13-32-14-12-27/h2-8,16H,9-15H2,1H3,(H,24,28). The van der Waals surface area contributed by atoms with Crippen molar-refractivity contribution < 1.29 is 17.9 Å². The second-order valence-electron chi connectivity index (χ2n) is 7.90. The Balaban J connectivity index is 1.32. The number of hydrogen-bond donors (Lipinski definition) is 1. The molecule has 0 spiro atoms. The summed E-state index contributed by atoms with van der Waals surface area (Å²) in [5.41, 5.74) is 2.21. The number of hydrogen-bond acceptors (Lipinski definition) is 6. The monoisotopic (exact) mass is 470 g/mol. The summed E-state index contributed by atoms with van der Waals surface area (Å²) in [7, 11) is -3.54. The molecule has 1 aromatic heterocycles. The average molecular weight is 471 g/mol. The van der Waals surface area contributed by atoms with E-state index >= 15 is 0 Å². The summed E-state index contributed by atoms with van der Waals surface area (Å²) in [6, 6.07) is 11.9. The molecule has 1 amide bonds. The first-order chi connectivity index (χ1) is 15.9. The Morgan fingerprint density at radius 2 is 1.85 bits per heavy atom. The number of para-hydroxylation sites is 1. The molecule has 10 heteroatoms. The normalized spacial score (nSPS) is 14.9. The summed E-state index contributed by atoms with van der Waals surface area (Å²) in [6.07, 6.45) is 1.60. The van der Waals surface area contributed by atoms with Gasteiger partial charge in [0, 0.05) is 32.6 Å². The third kappa shape index (κ3) is 5.13. The van der Waals surface area contributed by atoms with Crippen LogP contribution in [0.5, 0.6) is 0 Å². The molecule has 0 aliphatic carbocycles. The number of sulfonamides is 1. The number of nitrogens with zero attached hydrogens (tertiary/aromatic N) is 3. The number of fused-ring (bicyclic) bond motifs is 1. The van der Waals surface area contributed by atoms with E-state index in [4.69, 9.17) is 4.74 Å². The Morgan fingerprint density at radius 3 is 2.58 bits per heavy atom. The van der Waals surface area contributed by atoms with Gasteiger partial charge in [-0.25, -0.2) is 13.4 Å². The van der Waals surface area contributed by atoms with Crippen LogP contribution in [-0.2, 0) is 32.6 Å². The summed E-state index contributed by atoms with van der Waals surface area (Å²) in [5, 5.41) is 3.34. The molecule has 2 aromatic carbocycles. The molecule has 0 saturated carbocycles. The summed E-state index contributed by atoms with van der Waals surface area (Å²) in [4.78, 5) is 29.5. The van der Waals surface area contributed by atoms with E-state index in [1.54, 1.807) is 30.3 Å². The molecular weight excluding hydrogens is 444 g/mol. The molecule has 1 aliphatic rings. The Bertz CT molecular complexity index is 1310. The molecule has 1 saturated heterocycles. The van der Waals surface area contributed by atoms with E-state index in [2.05, 4.69) is 10.3 Å². The van der Waals surface area contributed by atoms with Gasteiger partial charge in [-0.3, -0.25) is 14.2 Å².